The molecular weight excluding hydrogens is 163 g/mol. The first-order chi connectivity index (χ1) is 4.83. The third-order valence-electron chi connectivity index (χ3n) is 0.884. The molecule has 0 aromatic rings. The summed E-state index contributed by atoms with van der Waals surface area (Å²) in [7, 11) is 0. The molecule has 0 bridgehead atoms. The van der Waals surface area contributed by atoms with E-state index in [-0.39, 0.29) is 0 Å². The van der Waals surface area contributed by atoms with Gasteiger partial charge in [-0.15, -0.1) is 0 Å². The minimum atomic E-state index is -4.25. The molecule has 3 N–H and O–H groups in total. The number of hydrogen-bond acceptors (Lipinski definition) is 3. The summed E-state index contributed by atoms with van der Waals surface area (Å²) < 4.78 is 12.4. The van der Waals surface area contributed by atoms with Crippen molar-refractivity contribution in [3.8, 4) is 0 Å². The molecule has 0 aromatic heterocycles. The first-order valence-corrected chi connectivity index (χ1v) is 2.22. The smallest absolute Gasteiger partial charge is 0.396 e. The van der Waals surface area contributed by atoms with Crippen LogP contribution in [-0.2, 0) is 14.4 Å². The number of carboxylic acid groups (broad SMARTS) is 3. The molecule has 0 unspecified atom stereocenters. The highest BCUT2D eigenvalue weighted by Gasteiger charge is 2.55. The quantitative estimate of drug-likeness (QED) is 0.461. The van der Waals surface area contributed by atoms with E-state index in [1.807, 2.05) is 0 Å². The van der Waals surface area contributed by atoms with Crippen molar-refractivity contribution in [3.05, 3.63) is 0 Å². The monoisotopic (exact) mass is 166 g/mol. The van der Waals surface area contributed by atoms with Gasteiger partial charge in [0.15, 0.2) is 0 Å². The van der Waals surface area contributed by atoms with Crippen LogP contribution in [0.4, 0.5) is 4.39 Å². The first-order valence-electron chi connectivity index (χ1n) is 2.22. The van der Waals surface area contributed by atoms with E-state index in [1.54, 1.807) is 0 Å². The summed E-state index contributed by atoms with van der Waals surface area (Å²) in [5.74, 6) is -7.67. The van der Waals surface area contributed by atoms with Crippen LogP contribution >= 0.6 is 0 Å². The highest BCUT2D eigenvalue weighted by atomic mass is 19.1. The SMILES string of the molecule is O=C(O)C(F)(C(=O)O)C(=O)O. The fourth-order valence-corrected chi connectivity index (χ4v) is 0.274. The molecule has 7 heteroatoms. The van der Waals surface area contributed by atoms with Crippen molar-refractivity contribution in [2.24, 2.45) is 0 Å². The maximum absolute atomic E-state index is 12.4. The lowest BCUT2D eigenvalue weighted by molar-refractivity contribution is -0.177. The molecule has 0 radical (unpaired) electrons. The Morgan fingerprint density at radius 2 is 1.09 bits per heavy atom. The Kier molecular flexibility index (Phi) is 2.14. The molecule has 11 heavy (non-hydrogen) atoms. The molecule has 0 atom stereocenters. The number of aliphatic carboxylic acids is 3. The van der Waals surface area contributed by atoms with E-state index in [4.69, 9.17) is 15.3 Å². The van der Waals surface area contributed by atoms with Crippen LogP contribution in [0.5, 0.6) is 0 Å². The number of rotatable bonds is 3. The molecule has 6 nitrogen and oxygen atoms in total. The summed E-state index contributed by atoms with van der Waals surface area (Å²) in [6.07, 6.45) is 0. The Morgan fingerprint density at radius 1 is 0.909 bits per heavy atom. The van der Waals surface area contributed by atoms with Crippen molar-refractivity contribution in [3.63, 3.8) is 0 Å². The number of alkyl halides is 1. The molecule has 62 valence electrons. The lowest BCUT2D eigenvalue weighted by Crippen LogP contribution is -2.49. The van der Waals surface area contributed by atoms with E-state index >= 15 is 0 Å². The van der Waals surface area contributed by atoms with Crippen LogP contribution in [0.25, 0.3) is 0 Å². The Bertz CT molecular complexity index is 185. The third kappa shape index (κ3) is 1.26. The molecule has 0 aliphatic carbocycles. The number of hydrogen-bond donors (Lipinski definition) is 3. The van der Waals surface area contributed by atoms with Gasteiger partial charge in [-0.2, -0.15) is 0 Å². The van der Waals surface area contributed by atoms with Gasteiger partial charge in [-0.25, -0.2) is 18.8 Å². The van der Waals surface area contributed by atoms with Gasteiger partial charge in [0.25, 0.3) is 0 Å². The molecule has 0 aliphatic heterocycles. The number of carbonyl (C=O) groups is 3. The molecule has 0 aromatic carbocycles. The van der Waals surface area contributed by atoms with Crippen LogP contribution in [0.3, 0.4) is 0 Å². The lowest BCUT2D eigenvalue weighted by Gasteiger charge is -2.08. The van der Waals surface area contributed by atoms with Crippen molar-refractivity contribution >= 4 is 17.9 Å². The van der Waals surface area contributed by atoms with E-state index in [1.165, 1.54) is 0 Å². The summed E-state index contributed by atoms with van der Waals surface area (Å²) in [5, 5.41) is 23.5. The topological polar surface area (TPSA) is 112 Å². The van der Waals surface area contributed by atoms with E-state index in [9.17, 15) is 18.8 Å². The molecule has 0 heterocycles. The largest absolute Gasteiger partial charge is 0.478 e. The van der Waals surface area contributed by atoms with Crippen LogP contribution in [0, 0.1) is 0 Å². The third-order valence-corrected chi connectivity index (χ3v) is 0.884. The molecule has 0 rings (SSSR count). The van der Waals surface area contributed by atoms with E-state index in [0.717, 1.165) is 0 Å². The van der Waals surface area contributed by atoms with Gasteiger partial charge in [-0.1, -0.05) is 0 Å². The average molecular weight is 166 g/mol. The standard InChI is InChI=1S/C4H3FO6/c5-4(1(6)7,2(8)9)3(10)11/h(H,6,7)(H,8,9)(H,10,11). The van der Waals surface area contributed by atoms with Crippen molar-refractivity contribution in [2.75, 3.05) is 0 Å². The van der Waals surface area contributed by atoms with E-state index < -0.39 is 23.6 Å². The van der Waals surface area contributed by atoms with Gasteiger partial charge in [0.05, 0.1) is 0 Å². The molecule has 0 amide bonds. The van der Waals surface area contributed by atoms with Crippen molar-refractivity contribution in [1.29, 1.82) is 0 Å². The summed E-state index contributed by atoms with van der Waals surface area (Å²) >= 11 is 0. The van der Waals surface area contributed by atoms with Crippen LogP contribution in [-0.4, -0.2) is 38.9 Å². The Labute approximate surface area is 58.9 Å². The molecule has 0 saturated carbocycles. The Balaban J connectivity index is 4.99. The molecule has 0 aliphatic rings. The lowest BCUT2D eigenvalue weighted by atomic mass is 10.1. The predicted molar refractivity (Wildman–Crippen MR) is 26.7 cm³/mol. The summed E-state index contributed by atoms with van der Waals surface area (Å²) in [5.41, 5.74) is -4.25. The maximum atomic E-state index is 12.4. The van der Waals surface area contributed by atoms with Gasteiger partial charge in [-0.05, 0) is 0 Å². The van der Waals surface area contributed by atoms with Crippen molar-refractivity contribution in [1.82, 2.24) is 0 Å². The highest BCUT2D eigenvalue weighted by molar-refractivity contribution is 6.20. The van der Waals surface area contributed by atoms with E-state index in [0.29, 0.717) is 0 Å². The van der Waals surface area contributed by atoms with E-state index in [2.05, 4.69) is 0 Å². The molecule has 0 spiro atoms. The predicted octanol–water partition coefficient (Wildman–Crippen LogP) is -1.05. The fraction of sp³-hybridized carbons (Fsp3) is 0.250. The summed E-state index contributed by atoms with van der Waals surface area (Å²) in [6.45, 7) is 0. The minimum absolute atomic E-state index is 2.56. The summed E-state index contributed by atoms with van der Waals surface area (Å²) in [6, 6.07) is 0. The maximum Gasteiger partial charge on any atom is 0.396 e. The minimum Gasteiger partial charge on any atom is -0.478 e. The van der Waals surface area contributed by atoms with Gasteiger partial charge >= 0.3 is 23.6 Å². The summed E-state index contributed by atoms with van der Waals surface area (Å²) in [4.78, 5) is 29.3. The van der Waals surface area contributed by atoms with Crippen LogP contribution in [0.2, 0.25) is 0 Å². The van der Waals surface area contributed by atoms with Crippen molar-refractivity contribution in [2.45, 2.75) is 5.67 Å². The molecule has 0 saturated heterocycles. The normalized spacial score (nSPS) is 10.6. The van der Waals surface area contributed by atoms with Crippen LogP contribution in [0.1, 0.15) is 0 Å². The first kappa shape index (κ1) is 9.34. The van der Waals surface area contributed by atoms with Gasteiger partial charge in [0.1, 0.15) is 0 Å². The van der Waals surface area contributed by atoms with Gasteiger partial charge in [0.2, 0.25) is 0 Å². The second-order valence-corrected chi connectivity index (χ2v) is 1.57. The van der Waals surface area contributed by atoms with Gasteiger partial charge in [0, 0.05) is 0 Å². The van der Waals surface area contributed by atoms with Crippen LogP contribution in [0.15, 0.2) is 0 Å². The second kappa shape index (κ2) is 2.52. The zero-order valence-corrected chi connectivity index (χ0v) is 4.94. The van der Waals surface area contributed by atoms with Gasteiger partial charge in [-0.3, -0.25) is 0 Å². The Hall–Kier alpha value is -1.66. The number of carboxylic acids is 3. The zero-order valence-electron chi connectivity index (χ0n) is 4.94. The molecular formula is C4H3FO6. The Morgan fingerprint density at radius 3 is 1.09 bits per heavy atom. The van der Waals surface area contributed by atoms with Crippen molar-refractivity contribution < 1.29 is 34.1 Å². The zero-order chi connectivity index (χ0) is 9.23. The highest BCUT2D eigenvalue weighted by Crippen LogP contribution is 2.11. The fourth-order valence-electron chi connectivity index (χ4n) is 0.274. The number of halogens is 1. The average Bonchev–Trinajstić information content (AvgIpc) is 1.84. The van der Waals surface area contributed by atoms with Gasteiger partial charge < -0.3 is 15.3 Å². The second-order valence-electron chi connectivity index (χ2n) is 1.57. The molecule has 0 fully saturated rings. The van der Waals surface area contributed by atoms with Crippen LogP contribution < -0.4 is 0 Å².